The first-order valence-electron chi connectivity index (χ1n) is 5.95. The maximum absolute atomic E-state index is 10.9. The summed E-state index contributed by atoms with van der Waals surface area (Å²) >= 11 is 3.34. The van der Waals surface area contributed by atoms with Gasteiger partial charge in [0.2, 0.25) is 0 Å². The van der Waals surface area contributed by atoms with Crippen LogP contribution in [0.1, 0.15) is 18.5 Å². The van der Waals surface area contributed by atoms with E-state index in [1.54, 1.807) is 6.20 Å². The van der Waals surface area contributed by atoms with Crippen molar-refractivity contribution in [2.24, 2.45) is 0 Å². The fraction of sp³-hybridized carbons (Fsp3) is 0.417. The van der Waals surface area contributed by atoms with Gasteiger partial charge in [0.25, 0.3) is 0 Å². The number of nitrogens with zero attached hydrogens (tertiary/aromatic N) is 3. The smallest absolute Gasteiger partial charge is 0.305 e. The van der Waals surface area contributed by atoms with Crippen molar-refractivity contribution in [2.75, 3.05) is 13.7 Å². The normalized spacial score (nSPS) is 10.8. The number of ether oxygens (including phenoxy) is 1. The molecule has 0 atom stereocenters. The molecule has 0 aliphatic heterocycles. The van der Waals surface area contributed by atoms with Crippen LogP contribution in [0.4, 0.5) is 0 Å². The van der Waals surface area contributed by atoms with Gasteiger partial charge < -0.3 is 10.1 Å². The highest BCUT2D eigenvalue weighted by Crippen LogP contribution is 2.10. The van der Waals surface area contributed by atoms with Gasteiger partial charge in [-0.1, -0.05) is 0 Å². The standard InChI is InChI=1S/C12H15BrN4O2/c1-19-12(18)3-2-4-14-5-9-6-16-11-7-15-10(13)8-17(9)11/h6-8,14H,2-5H2,1H3. The maximum Gasteiger partial charge on any atom is 0.305 e. The van der Waals surface area contributed by atoms with Crippen LogP contribution in [0.5, 0.6) is 0 Å². The number of halogens is 1. The molecule has 0 fully saturated rings. The third-order valence-electron chi connectivity index (χ3n) is 2.71. The van der Waals surface area contributed by atoms with Crippen LogP contribution in [0.15, 0.2) is 23.2 Å². The van der Waals surface area contributed by atoms with Crippen molar-refractivity contribution in [2.45, 2.75) is 19.4 Å². The summed E-state index contributed by atoms with van der Waals surface area (Å²) in [7, 11) is 1.40. The Hall–Kier alpha value is -1.47. The minimum absolute atomic E-state index is 0.174. The van der Waals surface area contributed by atoms with Gasteiger partial charge in [-0.3, -0.25) is 9.20 Å². The fourth-order valence-corrected chi connectivity index (χ4v) is 2.03. The zero-order chi connectivity index (χ0) is 13.7. The van der Waals surface area contributed by atoms with Crippen molar-refractivity contribution in [1.29, 1.82) is 0 Å². The summed E-state index contributed by atoms with van der Waals surface area (Å²) in [6.07, 6.45) is 6.61. The zero-order valence-corrected chi connectivity index (χ0v) is 12.2. The van der Waals surface area contributed by atoms with E-state index in [9.17, 15) is 4.79 Å². The Labute approximate surface area is 119 Å². The van der Waals surface area contributed by atoms with E-state index in [4.69, 9.17) is 0 Å². The van der Waals surface area contributed by atoms with Gasteiger partial charge in [-0.25, -0.2) is 9.97 Å². The highest BCUT2D eigenvalue weighted by Gasteiger charge is 2.04. The number of hydrogen-bond donors (Lipinski definition) is 1. The number of carbonyl (C=O) groups excluding carboxylic acids is 1. The molecular formula is C12H15BrN4O2. The molecule has 0 bridgehead atoms. The fourth-order valence-electron chi connectivity index (χ4n) is 1.72. The molecular weight excluding hydrogens is 312 g/mol. The largest absolute Gasteiger partial charge is 0.469 e. The average Bonchev–Trinajstić information content (AvgIpc) is 2.80. The highest BCUT2D eigenvalue weighted by molar-refractivity contribution is 9.10. The van der Waals surface area contributed by atoms with E-state index in [-0.39, 0.29) is 5.97 Å². The average molecular weight is 327 g/mol. The molecule has 0 saturated heterocycles. The van der Waals surface area contributed by atoms with Gasteiger partial charge in [0.05, 0.1) is 25.2 Å². The maximum atomic E-state index is 10.9. The second-order valence-corrected chi connectivity index (χ2v) is 4.86. The molecule has 0 aliphatic carbocycles. The SMILES string of the molecule is COC(=O)CCCNCc1cnc2cnc(Br)cn12. The van der Waals surface area contributed by atoms with Gasteiger partial charge in [0.1, 0.15) is 4.60 Å². The topological polar surface area (TPSA) is 68.5 Å². The lowest BCUT2D eigenvalue weighted by Crippen LogP contribution is -2.17. The van der Waals surface area contributed by atoms with E-state index in [1.807, 2.05) is 16.8 Å². The minimum atomic E-state index is -0.174. The van der Waals surface area contributed by atoms with Crippen LogP contribution in [0.25, 0.3) is 5.65 Å². The van der Waals surface area contributed by atoms with E-state index in [0.29, 0.717) is 13.0 Å². The Kier molecular flexibility index (Phi) is 4.86. The van der Waals surface area contributed by atoms with E-state index in [0.717, 1.165) is 28.9 Å². The summed E-state index contributed by atoms with van der Waals surface area (Å²) in [5, 5.41) is 3.27. The first-order valence-corrected chi connectivity index (χ1v) is 6.75. The van der Waals surface area contributed by atoms with Gasteiger partial charge in [0, 0.05) is 19.2 Å². The first kappa shape index (κ1) is 14.0. The number of rotatable bonds is 6. The Morgan fingerprint density at radius 3 is 3.11 bits per heavy atom. The molecule has 7 heteroatoms. The molecule has 2 aromatic heterocycles. The first-order chi connectivity index (χ1) is 9.20. The number of aromatic nitrogens is 3. The number of imidazole rings is 1. The van der Waals surface area contributed by atoms with Gasteiger partial charge in [-0.05, 0) is 28.9 Å². The molecule has 0 aromatic carbocycles. The van der Waals surface area contributed by atoms with Gasteiger partial charge in [-0.15, -0.1) is 0 Å². The molecule has 19 heavy (non-hydrogen) atoms. The molecule has 0 aliphatic rings. The van der Waals surface area contributed by atoms with E-state index < -0.39 is 0 Å². The lowest BCUT2D eigenvalue weighted by atomic mass is 10.3. The molecule has 2 aromatic rings. The summed E-state index contributed by atoms with van der Waals surface area (Å²) in [6.45, 7) is 1.45. The van der Waals surface area contributed by atoms with Crippen LogP contribution in [0, 0.1) is 0 Å². The Balaban J connectivity index is 1.85. The van der Waals surface area contributed by atoms with Crippen molar-refractivity contribution < 1.29 is 9.53 Å². The van der Waals surface area contributed by atoms with Crippen molar-refractivity contribution in [3.05, 3.63) is 28.9 Å². The Morgan fingerprint density at radius 2 is 2.32 bits per heavy atom. The summed E-state index contributed by atoms with van der Waals surface area (Å²) in [4.78, 5) is 19.3. The van der Waals surface area contributed by atoms with Gasteiger partial charge in [0.15, 0.2) is 5.65 Å². The van der Waals surface area contributed by atoms with Crippen LogP contribution < -0.4 is 5.32 Å². The quantitative estimate of drug-likeness (QED) is 0.644. The van der Waals surface area contributed by atoms with Crippen LogP contribution >= 0.6 is 15.9 Å². The summed E-state index contributed by atoms with van der Waals surface area (Å²) in [5.41, 5.74) is 1.87. The second-order valence-electron chi connectivity index (χ2n) is 4.04. The molecule has 102 valence electrons. The lowest BCUT2D eigenvalue weighted by Gasteiger charge is -2.04. The Bertz CT molecular complexity index is 570. The number of fused-ring (bicyclic) bond motifs is 1. The van der Waals surface area contributed by atoms with Crippen molar-refractivity contribution in [3.63, 3.8) is 0 Å². The van der Waals surface area contributed by atoms with Gasteiger partial charge in [-0.2, -0.15) is 0 Å². The predicted octanol–water partition coefficient (Wildman–Crippen LogP) is 1.53. The monoisotopic (exact) mass is 326 g/mol. The molecule has 0 saturated carbocycles. The molecule has 0 amide bonds. The van der Waals surface area contributed by atoms with Crippen LogP contribution in [-0.2, 0) is 16.1 Å². The summed E-state index contributed by atoms with van der Waals surface area (Å²) in [5.74, 6) is -0.174. The van der Waals surface area contributed by atoms with Crippen LogP contribution in [-0.4, -0.2) is 34.0 Å². The lowest BCUT2D eigenvalue weighted by molar-refractivity contribution is -0.140. The number of esters is 1. The van der Waals surface area contributed by atoms with Crippen LogP contribution in [0.3, 0.4) is 0 Å². The van der Waals surface area contributed by atoms with E-state index >= 15 is 0 Å². The minimum Gasteiger partial charge on any atom is -0.469 e. The summed E-state index contributed by atoms with van der Waals surface area (Å²) in [6, 6.07) is 0. The molecule has 6 nitrogen and oxygen atoms in total. The molecule has 0 spiro atoms. The number of nitrogens with one attached hydrogen (secondary N) is 1. The number of hydrogen-bond acceptors (Lipinski definition) is 5. The van der Waals surface area contributed by atoms with Crippen LogP contribution in [0.2, 0.25) is 0 Å². The van der Waals surface area contributed by atoms with Crippen molar-refractivity contribution in [3.8, 4) is 0 Å². The van der Waals surface area contributed by atoms with Crippen molar-refractivity contribution in [1.82, 2.24) is 19.7 Å². The molecule has 0 unspecified atom stereocenters. The van der Waals surface area contributed by atoms with E-state index in [1.165, 1.54) is 7.11 Å². The second kappa shape index (κ2) is 6.63. The van der Waals surface area contributed by atoms with Gasteiger partial charge >= 0.3 is 5.97 Å². The third kappa shape index (κ3) is 3.74. The van der Waals surface area contributed by atoms with E-state index in [2.05, 4.69) is 36.0 Å². The molecule has 0 radical (unpaired) electrons. The zero-order valence-electron chi connectivity index (χ0n) is 10.6. The molecule has 1 N–H and O–H groups in total. The summed E-state index contributed by atoms with van der Waals surface area (Å²) < 4.78 is 7.33. The number of methoxy groups -OCH3 is 1. The van der Waals surface area contributed by atoms with Crippen molar-refractivity contribution >= 4 is 27.5 Å². The highest BCUT2D eigenvalue weighted by atomic mass is 79.9. The Morgan fingerprint density at radius 1 is 1.47 bits per heavy atom. The number of carbonyl (C=O) groups is 1. The molecule has 2 heterocycles. The predicted molar refractivity (Wildman–Crippen MR) is 73.6 cm³/mol. The molecule has 2 rings (SSSR count). The third-order valence-corrected chi connectivity index (χ3v) is 3.12.